The molecule has 0 bridgehead atoms. The number of aliphatic hydroxyl groups excluding tert-OH is 1. The van der Waals surface area contributed by atoms with Crippen molar-refractivity contribution in [2.75, 3.05) is 25.4 Å². The average molecular weight is 333 g/mol. The number of carbonyl (C=O) groups excluding carboxylic acids is 1. The maximum Gasteiger partial charge on any atom is 0.393 e. The van der Waals surface area contributed by atoms with Crippen LogP contribution in [0.1, 0.15) is 23.2 Å². The van der Waals surface area contributed by atoms with E-state index in [1.807, 2.05) is 0 Å². The minimum atomic E-state index is -4.26. The number of piperidine rings is 1. The summed E-state index contributed by atoms with van der Waals surface area (Å²) in [4.78, 5) is 14.5. The van der Waals surface area contributed by atoms with E-state index in [2.05, 4.69) is 0 Å². The molecule has 0 radical (unpaired) electrons. The third-order valence-electron chi connectivity index (χ3n) is 3.64. The van der Waals surface area contributed by atoms with Gasteiger partial charge in [-0.1, -0.05) is 12.1 Å². The van der Waals surface area contributed by atoms with Crippen LogP contribution in [-0.4, -0.2) is 47.5 Å². The van der Waals surface area contributed by atoms with Crippen molar-refractivity contribution in [1.29, 1.82) is 0 Å². The van der Waals surface area contributed by atoms with Crippen LogP contribution in [0.3, 0.4) is 0 Å². The first-order valence-electron chi connectivity index (χ1n) is 7.12. The Morgan fingerprint density at radius 2 is 2.09 bits per heavy atom. The quantitative estimate of drug-likeness (QED) is 0.861. The first kappa shape index (κ1) is 17.1. The van der Waals surface area contributed by atoms with E-state index >= 15 is 0 Å². The van der Waals surface area contributed by atoms with Crippen molar-refractivity contribution in [3.8, 4) is 0 Å². The van der Waals surface area contributed by atoms with Gasteiger partial charge in [-0.15, -0.1) is 11.8 Å². The van der Waals surface area contributed by atoms with Crippen LogP contribution in [0.5, 0.6) is 0 Å². The molecule has 1 N–H and O–H groups in total. The van der Waals surface area contributed by atoms with Crippen molar-refractivity contribution in [2.24, 2.45) is 5.92 Å². The van der Waals surface area contributed by atoms with E-state index in [0.29, 0.717) is 29.2 Å². The molecule has 1 aliphatic heterocycles. The van der Waals surface area contributed by atoms with Crippen LogP contribution >= 0.6 is 11.8 Å². The molecule has 7 heteroatoms. The van der Waals surface area contributed by atoms with E-state index in [1.54, 1.807) is 24.3 Å². The van der Waals surface area contributed by atoms with Crippen molar-refractivity contribution >= 4 is 17.7 Å². The van der Waals surface area contributed by atoms with Crippen LogP contribution in [0, 0.1) is 5.92 Å². The minimum Gasteiger partial charge on any atom is -0.396 e. The lowest BCUT2D eigenvalue weighted by molar-refractivity contribution is -0.184. The van der Waals surface area contributed by atoms with Crippen LogP contribution in [-0.2, 0) is 0 Å². The van der Waals surface area contributed by atoms with E-state index in [1.165, 1.54) is 16.7 Å². The average Bonchev–Trinajstić information content (AvgIpc) is 2.52. The molecule has 2 rings (SSSR count). The number of amides is 1. The van der Waals surface area contributed by atoms with Gasteiger partial charge in [-0.25, -0.2) is 0 Å². The van der Waals surface area contributed by atoms with Gasteiger partial charge in [-0.2, -0.15) is 13.2 Å². The van der Waals surface area contributed by atoms with E-state index in [4.69, 9.17) is 5.11 Å². The number of nitrogens with zero attached hydrogens (tertiary/aromatic N) is 1. The van der Waals surface area contributed by atoms with E-state index in [9.17, 15) is 18.0 Å². The van der Waals surface area contributed by atoms with Gasteiger partial charge >= 0.3 is 6.18 Å². The number of halogens is 3. The van der Waals surface area contributed by atoms with E-state index < -0.39 is 12.1 Å². The smallest absolute Gasteiger partial charge is 0.393 e. The second-order valence-electron chi connectivity index (χ2n) is 5.20. The molecule has 1 atom stereocenters. The van der Waals surface area contributed by atoms with Gasteiger partial charge < -0.3 is 10.0 Å². The van der Waals surface area contributed by atoms with Crippen LogP contribution in [0.15, 0.2) is 29.2 Å². The van der Waals surface area contributed by atoms with Crippen molar-refractivity contribution in [1.82, 2.24) is 4.90 Å². The van der Waals surface area contributed by atoms with Gasteiger partial charge in [-0.05, 0) is 25.0 Å². The van der Waals surface area contributed by atoms with Gasteiger partial charge in [0.15, 0.2) is 0 Å². The number of likely N-dealkylation sites (tertiary alicyclic amines) is 1. The Labute approximate surface area is 131 Å². The number of carbonyl (C=O) groups is 1. The predicted octanol–water partition coefficient (Wildman–Crippen LogP) is 3.19. The molecular weight excluding hydrogens is 315 g/mol. The molecule has 1 saturated heterocycles. The minimum absolute atomic E-state index is 0.0208. The summed E-state index contributed by atoms with van der Waals surface area (Å²) < 4.78 is 38.6. The molecule has 0 saturated carbocycles. The lowest BCUT2D eigenvalue weighted by Crippen LogP contribution is -2.44. The van der Waals surface area contributed by atoms with Crippen molar-refractivity contribution in [3.63, 3.8) is 0 Å². The summed E-state index contributed by atoms with van der Waals surface area (Å²) in [6.45, 7) is 0.0544. The van der Waals surface area contributed by atoms with Crippen LogP contribution in [0.4, 0.5) is 13.2 Å². The Hall–Kier alpha value is -1.21. The molecule has 1 aromatic rings. The number of thioether (sulfide) groups is 1. The molecule has 1 amide bonds. The summed E-state index contributed by atoms with van der Waals surface area (Å²) in [6.07, 6.45) is -3.82. The highest BCUT2D eigenvalue weighted by atomic mass is 32.2. The van der Waals surface area contributed by atoms with Crippen molar-refractivity contribution in [3.05, 3.63) is 29.8 Å². The summed E-state index contributed by atoms with van der Waals surface area (Å²) in [7, 11) is 0. The van der Waals surface area contributed by atoms with Gasteiger partial charge in [0.25, 0.3) is 5.91 Å². The molecule has 1 aliphatic rings. The van der Waals surface area contributed by atoms with Gasteiger partial charge in [0.2, 0.25) is 0 Å². The predicted molar refractivity (Wildman–Crippen MR) is 78.9 cm³/mol. The lowest BCUT2D eigenvalue weighted by Gasteiger charge is -2.34. The molecule has 1 aromatic carbocycles. The number of hydrogen-bond acceptors (Lipinski definition) is 3. The molecule has 0 aromatic heterocycles. The normalized spacial score (nSPS) is 19.3. The third kappa shape index (κ3) is 4.16. The SMILES string of the molecule is O=C(c1ccccc1SCCO)N1CCC[C@H](C(F)(F)F)C1. The Kier molecular flexibility index (Phi) is 5.74. The fourth-order valence-corrected chi connectivity index (χ4v) is 3.32. The number of hydrogen-bond donors (Lipinski definition) is 1. The molecular formula is C15H18F3NO2S. The van der Waals surface area contributed by atoms with E-state index in [0.717, 1.165) is 0 Å². The topological polar surface area (TPSA) is 40.5 Å². The molecule has 1 heterocycles. The Balaban J connectivity index is 2.14. The summed E-state index contributed by atoms with van der Waals surface area (Å²) in [6, 6.07) is 6.84. The zero-order valence-corrected chi connectivity index (χ0v) is 12.8. The summed E-state index contributed by atoms with van der Waals surface area (Å²) in [5.74, 6) is -1.37. The third-order valence-corrected chi connectivity index (χ3v) is 4.69. The monoisotopic (exact) mass is 333 g/mol. The van der Waals surface area contributed by atoms with Crippen molar-refractivity contribution in [2.45, 2.75) is 23.9 Å². The van der Waals surface area contributed by atoms with Crippen LogP contribution in [0.2, 0.25) is 0 Å². The molecule has 0 unspecified atom stereocenters. The Morgan fingerprint density at radius 1 is 1.36 bits per heavy atom. The second-order valence-corrected chi connectivity index (χ2v) is 6.34. The number of alkyl halides is 3. The Morgan fingerprint density at radius 3 is 2.77 bits per heavy atom. The number of aliphatic hydroxyl groups is 1. The molecule has 0 aliphatic carbocycles. The largest absolute Gasteiger partial charge is 0.396 e. The van der Waals surface area contributed by atoms with Gasteiger partial charge in [-0.3, -0.25) is 4.79 Å². The first-order chi connectivity index (χ1) is 10.4. The van der Waals surface area contributed by atoms with Crippen molar-refractivity contribution < 1.29 is 23.1 Å². The van der Waals surface area contributed by atoms with Gasteiger partial charge in [0, 0.05) is 23.7 Å². The highest BCUT2D eigenvalue weighted by molar-refractivity contribution is 7.99. The zero-order valence-electron chi connectivity index (χ0n) is 12.0. The summed E-state index contributed by atoms with van der Waals surface area (Å²) in [5.41, 5.74) is 0.406. The van der Waals surface area contributed by atoms with Gasteiger partial charge in [0.1, 0.15) is 0 Å². The highest BCUT2D eigenvalue weighted by Gasteiger charge is 2.42. The van der Waals surface area contributed by atoms with Crippen LogP contribution in [0.25, 0.3) is 0 Å². The molecule has 122 valence electrons. The second kappa shape index (κ2) is 7.37. The maximum atomic E-state index is 12.9. The van der Waals surface area contributed by atoms with E-state index in [-0.39, 0.29) is 25.5 Å². The highest BCUT2D eigenvalue weighted by Crippen LogP contribution is 2.34. The van der Waals surface area contributed by atoms with Crippen LogP contribution < -0.4 is 0 Å². The number of benzene rings is 1. The Bertz CT molecular complexity index is 522. The maximum absolute atomic E-state index is 12.9. The summed E-state index contributed by atoms with van der Waals surface area (Å²) in [5, 5.41) is 8.89. The number of rotatable bonds is 4. The molecule has 1 fully saturated rings. The fourth-order valence-electron chi connectivity index (χ4n) is 2.52. The fraction of sp³-hybridized carbons (Fsp3) is 0.533. The standard InChI is InChI=1S/C15H18F3NO2S/c16-15(17,18)11-4-3-7-19(10-11)14(21)12-5-1-2-6-13(12)22-9-8-20/h1-2,5-6,11,20H,3-4,7-10H2/t11-/m0/s1. The zero-order chi connectivity index (χ0) is 16.2. The first-order valence-corrected chi connectivity index (χ1v) is 8.10. The summed E-state index contributed by atoms with van der Waals surface area (Å²) >= 11 is 1.33. The molecule has 0 spiro atoms. The lowest BCUT2D eigenvalue weighted by atomic mass is 9.97. The molecule has 22 heavy (non-hydrogen) atoms. The molecule has 3 nitrogen and oxygen atoms in total. The van der Waals surface area contributed by atoms with Gasteiger partial charge in [0.05, 0.1) is 18.1 Å².